The molecule has 78 valence electrons. The van der Waals surface area contributed by atoms with Crippen LogP contribution in [0.4, 0.5) is 13.2 Å². The first-order chi connectivity index (χ1) is 7.04. The third-order valence-electron chi connectivity index (χ3n) is 1.82. The van der Waals surface area contributed by atoms with E-state index in [1.807, 2.05) is 0 Å². The molecule has 0 saturated carbocycles. The smallest absolute Gasteiger partial charge is 0.298 e. The SMILES string of the molecule is O=Cc1c(C(F)(F)F)nn2cccnc12. The van der Waals surface area contributed by atoms with Crippen LogP contribution in [0.1, 0.15) is 16.1 Å². The number of aromatic nitrogens is 3. The standard InChI is InChI=1S/C8H4F3N3O/c9-8(10,11)6-5(4-15)7-12-2-1-3-14(7)13-6/h1-4H. The van der Waals surface area contributed by atoms with Crippen molar-refractivity contribution in [1.29, 1.82) is 0 Å². The van der Waals surface area contributed by atoms with Crippen molar-refractivity contribution in [3.8, 4) is 0 Å². The summed E-state index contributed by atoms with van der Waals surface area (Å²) >= 11 is 0. The molecule has 0 amide bonds. The van der Waals surface area contributed by atoms with Gasteiger partial charge in [0.15, 0.2) is 17.6 Å². The zero-order valence-corrected chi connectivity index (χ0v) is 7.19. The number of hydrogen-bond acceptors (Lipinski definition) is 3. The van der Waals surface area contributed by atoms with Gasteiger partial charge in [-0.05, 0) is 6.07 Å². The lowest BCUT2D eigenvalue weighted by atomic mass is 10.2. The molecule has 0 aliphatic heterocycles. The Balaban J connectivity index is 2.81. The summed E-state index contributed by atoms with van der Waals surface area (Å²) in [7, 11) is 0. The molecule has 0 aromatic carbocycles. The number of halogens is 3. The van der Waals surface area contributed by atoms with Crippen LogP contribution < -0.4 is 0 Å². The van der Waals surface area contributed by atoms with Crippen molar-refractivity contribution in [2.45, 2.75) is 6.18 Å². The van der Waals surface area contributed by atoms with Gasteiger partial charge in [-0.15, -0.1) is 0 Å². The van der Waals surface area contributed by atoms with E-state index in [1.54, 1.807) is 0 Å². The van der Waals surface area contributed by atoms with E-state index in [-0.39, 0.29) is 11.9 Å². The van der Waals surface area contributed by atoms with E-state index in [1.165, 1.54) is 18.5 Å². The van der Waals surface area contributed by atoms with Crippen molar-refractivity contribution in [2.24, 2.45) is 0 Å². The average Bonchev–Trinajstić information content (AvgIpc) is 2.55. The third kappa shape index (κ3) is 1.45. The van der Waals surface area contributed by atoms with Gasteiger partial charge in [0.1, 0.15) is 0 Å². The Hall–Kier alpha value is -1.92. The lowest BCUT2D eigenvalue weighted by Crippen LogP contribution is -2.08. The monoisotopic (exact) mass is 215 g/mol. The highest BCUT2D eigenvalue weighted by Gasteiger charge is 2.38. The number of carbonyl (C=O) groups is 1. The van der Waals surface area contributed by atoms with Gasteiger partial charge in [0.05, 0.1) is 5.56 Å². The predicted molar refractivity (Wildman–Crippen MR) is 43.4 cm³/mol. The summed E-state index contributed by atoms with van der Waals surface area (Å²) in [6, 6.07) is 1.43. The lowest BCUT2D eigenvalue weighted by molar-refractivity contribution is -0.141. The fourth-order valence-corrected chi connectivity index (χ4v) is 1.22. The van der Waals surface area contributed by atoms with E-state index in [0.29, 0.717) is 0 Å². The van der Waals surface area contributed by atoms with Gasteiger partial charge in [-0.2, -0.15) is 18.3 Å². The second-order valence-electron chi connectivity index (χ2n) is 2.77. The normalized spacial score (nSPS) is 11.9. The van der Waals surface area contributed by atoms with Crippen molar-refractivity contribution in [3.63, 3.8) is 0 Å². The molecule has 0 atom stereocenters. The Labute approximate surface area is 81.3 Å². The van der Waals surface area contributed by atoms with Gasteiger partial charge in [-0.25, -0.2) is 9.50 Å². The summed E-state index contributed by atoms with van der Waals surface area (Å²) in [5.41, 5.74) is -1.85. The molecular formula is C8H4F3N3O. The van der Waals surface area contributed by atoms with E-state index in [2.05, 4.69) is 10.1 Å². The molecule has 15 heavy (non-hydrogen) atoms. The minimum atomic E-state index is -4.65. The van der Waals surface area contributed by atoms with Crippen LogP contribution in [0.2, 0.25) is 0 Å². The average molecular weight is 215 g/mol. The quantitative estimate of drug-likeness (QED) is 0.678. The van der Waals surface area contributed by atoms with E-state index in [4.69, 9.17) is 0 Å². The van der Waals surface area contributed by atoms with Crippen molar-refractivity contribution < 1.29 is 18.0 Å². The largest absolute Gasteiger partial charge is 0.435 e. The molecule has 0 bridgehead atoms. The summed E-state index contributed by atoms with van der Waals surface area (Å²) < 4.78 is 38.2. The van der Waals surface area contributed by atoms with Gasteiger partial charge in [0, 0.05) is 12.4 Å². The van der Waals surface area contributed by atoms with Crippen LogP contribution in [-0.2, 0) is 6.18 Å². The van der Waals surface area contributed by atoms with Gasteiger partial charge < -0.3 is 0 Å². The van der Waals surface area contributed by atoms with Crippen LogP contribution in [0.5, 0.6) is 0 Å². The first kappa shape index (κ1) is 9.63. The number of carbonyl (C=O) groups excluding carboxylic acids is 1. The van der Waals surface area contributed by atoms with Gasteiger partial charge in [-0.1, -0.05) is 0 Å². The van der Waals surface area contributed by atoms with Crippen molar-refractivity contribution in [1.82, 2.24) is 14.6 Å². The summed E-state index contributed by atoms with van der Waals surface area (Å²) in [4.78, 5) is 14.2. The highest BCUT2D eigenvalue weighted by Crippen LogP contribution is 2.31. The number of rotatable bonds is 1. The Bertz CT molecular complexity index is 517. The lowest BCUT2D eigenvalue weighted by Gasteiger charge is -2.00. The number of hydrogen-bond donors (Lipinski definition) is 0. The molecule has 2 aromatic heterocycles. The van der Waals surface area contributed by atoms with E-state index in [9.17, 15) is 18.0 Å². The van der Waals surface area contributed by atoms with E-state index < -0.39 is 17.4 Å². The van der Waals surface area contributed by atoms with E-state index >= 15 is 0 Å². The second kappa shape index (κ2) is 3.04. The van der Waals surface area contributed by atoms with Crippen LogP contribution in [-0.4, -0.2) is 20.9 Å². The highest BCUT2D eigenvalue weighted by molar-refractivity contribution is 5.86. The maximum absolute atomic E-state index is 12.4. The number of aldehydes is 1. The molecule has 0 aliphatic rings. The van der Waals surface area contributed by atoms with E-state index in [0.717, 1.165) is 4.52 Å². The number of fused-ring (bicyclic) bond motifs is 1. The van der Waals surface area contributed by atoms with Gasteiger partial charge in [0.25, 0.3) is 0 Å². The number of nitrogens with zero attached hydrogens (tertiary/aromatic N) is 3. The van der Waals surface area contributed by atoms with Crippen LogP contribution in [0.3, 0.4) is 0 Å². The maximum atomic E-state index is 12.4. The highest BCUT2D eigenvalue weighted by atomic mass is 19.4. The predicted octanol–water partition coefficient (Wildman–Crippen LogP) is 1.56. The van der Waals surface area contributed by atoms with Crippen molar-refractivity contribution in [2.75, 3.05) is 0 Å². The maximum Gasteiger partial charge on any atom is 0.435 e. The first-order valence-electron chi connectivity index (χ1n) is 3.90. The Morgan fingerprint density at radius 1 is 1.40 bits per heavy atom. The fraction of sp³-hybridized carbons (Fsp3) is 0.125. The van der Waals surface area contributed by atoms with Crippen LogP contribution in [0.15, 0.2) is 18.5 Å². The second-order valence-corrected chi connectivity index (χ2v) is 2.77. The van der Waals surface area contributed by atoms with Crippen LogP contribution in [0, 0.1) is 0 Å². The number of alkyl halides is 3. The molecule has 0 fully saturated rings. The van der Waals surface area contributed by atoms with Crippen LogP contribution in [0.25, 0.3) is 5.65 Å². The molecule has 0 spiro atoms. The summed E-state index contributed by atoms with van der Waals surface area (Å²) in [5.74, 6) is 0. The molecule has 7 heteroatoms. The van der Waals surface area contributed by atoms with Crippen molar-refractivity contribution >= 4 is 11.9 Å². The summed E-state index contributed by atoms with van der Waals surface area (Å²) in [6.07, 6.45) is -1.95. The third-order valence-corrected chi connectivity index (χ3v) is 1.82. The molecular weight excluding hydrogens is 211 g/mol. The zero-order chi connectivity index (χ0) is 11.1. The first-order valence-corrected chi connectivity index (χ1v) is 3.90. The van der Waals surface area contributed by atoms with Gasteiger partial charge >= 0.3 is 6.18 Å². The molecule has 2 aromatic rings. The summed E-state index contributed by atoms with van der Waals surface area (Å²) in [6.45, 7) is 0. The molecule has 4 nitrogen and oxygen atoms in total. The molecule has 0 saturated heterocycles. The van der Waals surface area contributed by atoms with Crippen LogP contribution >= 0.6 is 0 Å². The molecule has 2 rings (SSSR count). The minimum Gasteiger partial charge on any atom is -0.298 e. The molecule has 0 unspecified atom stereocenters. The molecule has 0 N–H and O–H groups in total. The molecule has 2 heterocycles. The Morgan fingerprint density at radius 2 is 2.13 bits per heavy atom. The van der Waals surface area contributed by atoms with Crippen molar-refractivity contribution in [3.05, 3.63) is 29.7 Å². The fourth-order valence-electron chi connectivity index (χ4n) is 1.22. The Kier molecular flexibility index (Phi) is 1.95. The Morgan fingerprint density at radius 3 is 2.73 bits per heavy atom. The molecule has 0 aliphatic carbocycles. The summed E-state index contributed by atoms with van der Waals surface area (Å²) in [5, 5.41) is 3.25. The molecule has 0 radical (unpaired) electrons. The topological polar surface area (TPSA) is 47.3 Å². The minimum absolute atomic E-state index is 0.0974. The van der Waals surface area contributed by atoms with Gasteiger partial charge in [-0.3, -0.25) is 4.79 Å². The zero-order valence-electron chi connectivity index (χ0n) is 7.19. The van der Waals surface area contributed by atoms with Gasteiger partial charge in [0.2, 0.25) is 0 Å².